The van der Waals surface area contributed by atoms with Crippen LogP contribution in [0, 0.1) is 5.92 Å². The number of carbonyl (C=O) groups is 3. The van der Waals surface area contributed by atoms with E-state index in [4.69, 9.17) is 22.1 Å². The topological polar surface area (TPSA) is 102 Å². The molecule has 132 valence electrons. The molecule has 1 aliphatic heterocycles. The lowest BCUT2D eigenvalue weighted by Crippen LogP contribution is -2.40. The van der Waals surface area contributed by atoms with Gasteiger partial charge in [0.1, 0.15) is 5.71 Å². The number of hydrazone groups is 1. The van der Waals surface area contributed by atoms with Crippen LogP contribution in [0.3, 0.4) is 0 Å². The number of esters is 1. The number of benzene rings is 1. The van der Waals surface area contributed by atoms with E-state index in [0.717, 1.165) is 17.9 Å². The molecule has 8 heteroatoms. The van der Waals surface area contributed by atoms with Crippen LogP contribution >= 0.6 is 11.6 Å². The van der Waals surface area contributed by atoms with E-state index in [0.29, 0.717) is 5.02 Å². The van der Waals surface area contributed by atoms with Crippen molar-refractivity contribution in [2.75, 3.05) is 12.3 Å². The van der Waals surface area contributed by atoms with Gasteiger partial charge in [0.05, 0.1) is 6.61 Å². The zero-order chi connectivity index (χ0) is 18.1. The predicted octanol–water partition coefficient (Wildman–Crippen LogP) is 2.03. The number of hydrogen-bond acceptors (Lipinski definition) is 6. The molecule has 0 saturated heterocycles. The highest BCUT2D eigenvalue weighted by Crippen LogP contribution is 2.34. The van der Waals surface area contributed by atoms with Crippen molar-refractivity contribution in [2.45, 2.75) is 32.2 Å². The second-order valence-corrected chi connectivity index (χ2v) is 6.47. The first-order valence-corrected chi connectivity index (χ1v) is 8.47. The third-order valence-electron chi connectivity index (χ3n) is 4.14. The van der Waals surface area contributed by atoms with Crippen molar-refractivity contribution in [2.24, 2.45) is 11.0 Å². The van der Waals surface area contributed by atoms with Crippen LogP contribution in [0.4, 0.5) is 5.69 Å². The number of ketones is 1. The first kappa shape index (κ1) is 17.4. The SMILES string of the molecule is CCOC(=O)C1CC(C(=O)c2cc(Cl)ccc2N)=NN1C(=O)C1CC1. The number of Topliss-reactive ketones (excluding diaryl/α,β-unsaturated/α-hetero) is 1. The molecule has 1 aromatic carbocycles. The summed E-state index contributed by atoms with van der Waals surface area (Å²) in [6, 6.07) is 3.65. The molecule has 2 N–H and O–H groups in total. The van der Waals surface area contributed by atoms with Crippen LogP contribution in [0.25, 0.3) is 0 Å². The second kappa shape index (κ2) is 6.84. The number of nitrogens with two attached hydrogens (primary N) is 1. The minimum absolute atomic E-state index is 0.00206. The highest BCUT2D eigenvalue weighted by molar-refractivity contribution is 6.48. The highest BCUT2D eigenvalue weighted by atomic mass is 35.5. The molecule has 2 aliphatic rings. The molecular weight excluding hydrogens is 346 g/mol. The third kappa shape index (κ3) is 3.51. The van der Waals surface area contributed by atoms with Gasteiger partial charge in [0.2, 0.25) is 11.7 Å². The molecule has 0 spiro atoms. The molecule has 1 heterocycles. The molecule has 1 amide bonds. The van der Waals surface area contributed by atoms with Gasteiger partial charge in [0.25, 0.3) is 0 Å². The van der Waals surface area contributed by atoms with Gasteiger partial charge in [-0.1, -0.05) is 11.6 Å². The molecule has 1 fully saturated rings. The summed E-state index contributed by atoms with van der Waals surface area (Å²) in [5, 5.41) is 5.60. The van der Waals surface area contributed by atoms with Gasteiger partial charge in [-0.15, -0.1) is 0 Å². The fraction of sp³-hybridized carbons (Fsp3) is 0.412. The molecule has 0 radical (unpaired) electrons. The van der Waals surface area contributed by atoms with E-state index in [1.54, 1.807) is 13.0 Å². The number of nitrogen functional groups attached to an aromatic ring is 1. The lowest BCUT2D eigenvalue weighted by atomic mass is 10.0. The Kier molecular flexibility index (Phi) is 4.76. The van der Waals surface area contributed by atoms with Crippen LogP contribution < -0.4 is 5.73 Å². The number of ether oxygens (including phenoxy) is 1. The Labute approximate surface area is 149 Å². The van der Waals surface area contributed by atoms with Gasteiger partial charge >= 0.3 is 5.97 Å². The van der Waals surface area contributed by atoms with Crippen LogP contribution in [0.1, 0.15) is 36.5 Å². The number of hydrogen-bond donors (Lipinski definition) is 1. The molecule has 25 heavy (non-hydrogen) atoms. The first-order chi connectivity index (χ1) is 11.9. The van der Waals surface area contributed by atoms with Crippen LogP contribution in [0.2, 0.25) is 5.02 Å². The first-order valence-electron chi connectivity index (χ1n) is 8.09. The van der Waals surface area contributed by atoms with Crippen LogP contribution in [0.5, 0.6) is 0 Å². The average molecular weight is 364 g/mol. The van der Waals surface area contributed by atoms with Gasteiger partial charge in [-0.2, -0.15) is 5.10 Å². The molecule has 1 unspecified atom stereocenters. The summed E-state index contributed by atoms with van der Waals surface area (Å²) in [5.41, 5.74) is 6.41. The van der Waals surface area contributed by atoms with Crippen molar-refractivity contribution < 1.29 is 19.1 Å². The Bertz CT molecular complexity index is 773. The van der Waals surface area contributed by atoms with Crippen molar-refractivity contribution in [1.29, 1.82) is 0 Å². The van der Waals surface area contributed by atoms with Crippen molar-refractivity contribution in [3.63, 3.8) is 0 Å². The monoisotopic (exact) mass is 363 g/mol. The Morgan fingerprint density at radius 2 is 2.08 bits per heavy atom. The van der Waals surface area contributed by atoms with Crippen molar-refractivity contribution in [3.05, 3.63) is 28.8 Å². The van der Waals surface area contributed by atoms with Gasteiger partial charge < -0.3 is 10.5 Å². The molecule has 1 aromatic rings. The summed E-state index contributed by atoms with van der Waals surface area (Å²) < 4.78 is 5.02. The summed E-state index contributed by atoms with van der Waals surface area (Å²) in [4.78, 5) is 37.3. The van der Waals surface area contributed by atoms with E-state index in [1.165, 1.54) is 12.1 Å². The molecule has 0 aromatic heterocycles. The lowest BCUT2D eigenvalue weighted by molar-refractivity contribution is -0.154. The van der Waals surface area contributed by atoms with Crippen LogP contribution in [-0.4, -0.2) is 41.0 Å². The van der Waals surface area contributed by atoms with E-state index < -0.39 is 17.8 Å². The van der Waals surface area contributed by atoms with E-state index in [9.17, 15) is 14.4 Å². The Hall–Kier alpha value is -2.41. The van der Waals surface area contributed by atoms with Gasteiger partial charge in [-0.05, 0) is 38.0 Å². The summed E-state index contributed by atoms with van der Waals surface area (Å²) in [5.74, 6) is -1.39. The average Bonchev–Trinajstić information content (AvgIpc) is 3.34. The van der Waals surface area contributed by atoms with E-state index in [2.05, 4.69) is 5.10 Å². The zero-order valence-electron chi connectivity index (χ0n) is 13.7. The molecule has 0 bridgehead atoms. The van der Waals surface area contributed by atoms with E-state index in [1.807, 2.05) is 0 Å². The van der Waals surface area contributed by atoms with Gasteiger partial charge in [-0.25, -0.2) is 9.80 Å². The van der Waals surface area contributed by atoms with Crippen LogP contribution in [0.15, 0.2) is 23.3 Å². The quantitative estimate of drug-likeness (QED) is 0.490. The van der Waals surface area contributed by atoms with Crippen molar-refractivity contribution in [1.82, 2.24) is 5.01 Å². The standard InChI is InChI=1S/C17H18ClN3O4/c1-2-25-17(24)14-8-13(20-21(14)16(23)9-3-4-9)15(22)11-7-10(18)5-6-12(11)19/h5-7,9,14H,2-4,8,19H2,1H3. The lowest BCUT2D eigenvalue weighted by Gasteiger charge is -2.19. The van der Waals surface area contributed by atoms with Gasteiger partial charge in [0, 0.05) is 28.6 Å². The van der Waals surface area contributed by atoms with Gasteiger partial charge in [0.15, 0.2) is 6.04 Å². The Balaban J connectivity index is 1.89. The minimum atomic E-state index is -0.910. The van der Waals surface area contributed by atoms with Gasteiger partial charge in [-0.3, -0.25) is 9.59 Å². The number of halogens is 1. The molecule has 1 saturated carbocycles. The fourth-order valence-corrected chi connectivity index (χ4v) is 2.84. The molecule has 1 atom stereocenters. The summed E-state index contributed by atoms with van der Waals surface area (Å²) in [6.45, 7) is 1.87. The number of carbonyl (C=O) groups excluding carboxylic acids is 3. The zero-order valence-corrected chi connectivity index (χ0v) is 14.5. The summed E-state index contributed by atoms with van der Waals surface area (Å²) in [7, 11) is 0. The maximum atomic E-state index is 12.7. The van der Waals surface area contributed by atoms with E-state index >= 15 is 0 Å². The number of nitrogens with zero attached hydrogens (tertiary/aromatic N) is 2. The summed E-state index contributed by atoms with van der Waals surface area (Å²) in [6.07, 6.45) is 1.54. The number of rotatable bonds is 5. The maximum Gasteiger partial charge on any atom is 0.331 e. The number of anilines is 1. The molecule has 1 aliphatic carbocycles. The molecular formula is C17H18ClN3O4. The second-order valence-electron chi connectivity index (χ2n) is 6.04. The highest BCUT2D eigenvalue weighted by Gasteiger charge is 2.44. The Morgan fingerprint density at radius 3 is 2.72 bits per heavy atom. The smallest absolute Gasteiger partial charge is 0.331 e. The van der Waals surface area contributed by atoms with Crippen LogP contribution in [-0.2, 0) is 14.3 Å². The largest absolute Gasteiger partial charge is 0.464 e. The molecule has 7 nitrogen and oxygen atoms in total. The third-order valence-corrected chi connectivity index (χ3v) is 4.38. The van der Waals surface area contributed by atoms with Crippen molar-refractivity contribution >= 4 is 40.7 Å². The van der Waals surface area contributed by atoms with E-state index in [-0.39, 0.29) is 41.8 Å². The maximum absolute atomic E-state index is 12.7. The Morgan fingerprint density at radius 1 is 1.36 bits per heavy atom. The molecule has 3 rings (SSSR count). The fourth-order valence-electron chi connectivity index (χ4n) is 2.67. The predicted molar refractivity (Wildman–Crippen MR) is 92.2 cm³/mol. The van der Waals surface area contributed by atoms with Crippen molar-refractivity contribution in [3.8, 4) is 0 Å². The summed E-state index contributed by atoms with van der Waals surface area (Å²) >= 11 is 5.93. The minimum Gasteiger partial charge on any atom is -0.464 e. The number of amides is 1. The normalized spacial score (nSPS) is 19.5.